The van der Waals surface area contributed by atoms with Crippen LogP contribution in [0.25, 0.3) is 0 Å². The van der Waals surface area contributed by atoms with Crippen LogP contribution in [0.15, 0.2) is 30.5 Å². The maximum absolute atomic E-state index is 6.10. The number of hydrogen-bond donors (Lipinski definition) is 1. The Kier molecular flexibility index (Phi) is 4.29. The van der Waals surface area contributed by atoms with Crippen LogP contribution in [0.1, 0.15) is 11.7 Å². The van der Waals surface area contributed by atoms with Gasteiger partial charge in [-0.25, -0.2) is 0 Å². The van der Waals surface area contributed by atoms with Crippen molar-refractivity contribution >= 4 is 11.6 Å². The molecule has 0 aliphatic heterocycles. The minimum atomic E-state index is -0.332. The average Bonchev–Trinajstić information content (AvgIpc) is 2.77. The summed E-state index contributed by atoms with van der Waals surface area (Å²) in [6, 6.07) is 6.86. The summed E-state index contributed by atoms with van der Waals surface area (Å²) in [5, 5.41) is 4.74. The highest BCUT2D eigenvalue weighted by molar-refractivity contribution is 6.30. The molecule has 0 fully saturated rings. The van der Waals surface area contributed by atoms with E-state index in [2.05, 4.69) is 5.10 Å². The summed E-state index contributed by atoms with van der Waals surface area (Å²) in [5.74, 6) is 1.34. The number of ether oxygens (including phenoxy) is 2. The molecule has 0 spiro atoms. The molecule has 0 saturated heterocycles. The van der Waals surface area contributed by atoms with Crippen molar-refractivity contribution in [2.75, 3.05) is 13.7 Å². The van der Waals surface area contributed by atoms with E-state index in [1.807, 2.05) is 19.2 Å². The van der Waals surface area contributed by atoms with Crippen LogP contribution in [0.4, 0.5) is 0 Å². The molecule has 1 aromatic carbocycles. The largest absolute Gasteiger partial charge is 0.493 e. The number of aromatic nitrogens is 2. The second kappa shape index (κ2) is 5.95. The molecule has 0 aliphatic rings. The highest BCUT2D eigenvalue weighted by atomic mass is 35.5. The Morgan fingerprint density at radius 1 is 1.47 bits per heavy atom. The molecule has 19 heavy (non-hydrogen) atoms. The van der Waals surface area contributed by atoms with E-state index in [0.29, 0.717) is 23.1 Å². The fourth-order valence-corrected chi connectivity index (χ4v) is 2.01. The molecule has 1 heterocycles. The van der Waals surface area contributed by atoms with Gasteiger partial charge in [0.05, 0.1) is 19.3 Å². The maximum Gasteiger partial charge on any atom is 0.161 e. The van der Waals surface area contributed by atoms with Gasteiger partial charge in [-0.15, -0.1) is 0 Å². The smallest absolute Gasteiger partial charge is 0.161 e. The molecule has 0 saturated carbocycles. The molecule has 0 bridgehead atoms. The second-order valence-corrected chi connectivity index (χ2v) is 4.53. The first-order chi connectivity index (χ1) is 9.11. The van der Waals surface area contributed by atoms with Crippen LogP contribution in [0.5, 0.6) is 11.5 Å². The van der Waals surface area contributed by atoms with Crippen molar-refractivity contribution in [1.29, 1.82) is 0 Å². The van der Waals surface area contributed by atoms with Crippen molar-refractivity contribution in [3.8, 4) is 11.5 Å². The van der Waals surface area contributed by atoms with Gasteiger partial charge in [-0.3, -0.25) is 4.68 Å². The van der Waals surface area contributed by atoms with E-state index >= 15 is 0 Å². The van der Waals surface area contributed by atoms with Crippen LogP contribution in [-0.2, 0) is 7.05 Å². The van der Waals surface area contributed by atoms with Gasteiger partial charge in [-0.2, -0.15) is 5.10 Å². The summed E-state index contributed by atoms with van der Waals surface area (Å²) >= 11 is 5.89. The van der Waals surface area contributed by atoms with E-state index in [4.69, 9.17) is 26.8 Å². The Balaban J connectivity index is 2.05. The molecule has 0 radical (unpaired) electrons. The topological polar surface area (TPSA) is 62.3 Å². The summed E-state index contributed by atoms with van der Waals surface area (Å²) in [5.41, 5.74) is 6.90. The van der Waals surface area contributed by atoms with Crippen LogP contribution < -0.4 is 15.2 Å². The molecule has 2 aromatic rings. The third-order valence-corrected chi connectivity index (χ3v) is 2.98. The maximum atomic E-state index is 6.10. The summed E-state index contributed by atoms with van der Waals surface area (Å²) < 4.78 is 12.5. The molecule has 102 valence electrons. The minimum absolute atomic E-state index is 0.316. The molecule has 1 unspecified atom stereocenters. The van der Waals surface area contributed by atoms with E-state index < -0.39 is 0 Å². The fourth-order valence-electron chi connectivity index (χ4n) is 1.83. The lowest BCUT2D eigenvalue weighted by Gasteiger charge is -2.15. The van der Waals surface area contributed by atoms with Gasteiger partial charge in [0.25, 0.3) is 0 Å². The van der Waals surface area contributed by atoms with E-state index in [9.17, 15) is 0 Å². The van der Waals surface area contributed by atoms with Crippen LogP contribution in [-0.4, -0.2) is 23.5 Å². The Hall–Kier alpha value is -1.72. The monoisotopic (exact) mass is 281 g/mol. The SMILES string of the molecule is COc1cnn(C)c1C(N)COc1cccc(Cl)c1. The predicted octanol–water partition coefficient (Wildman–Crippen LogP) is 2.16. The van der Waals surface area contributed by atoms with Gasteiger partial charge in [-0.1, -0.05) is 17.7 Å². The molecule has 0 amide bonds. The predicted molar refractivity (Wildman–Crippen MR) is 73.6 cm³/mol. The van der Waals surface area contributed by atoms with Crippen molar-refractivity contribution in [3.05, 3.63) is 41.2 Å². The quantitative estimate of drug-likeness (QED) is 0.912. The number of nitrogens with zero attached hydrogens (tertiary/aromatic N) is 2. The van der Waals surface area contributed by atoms with E-state index in [1.165, 1.54) is 0 Å². The minimum Gasteiger partial charge on any atom is -0.493 e. The van der Waals surface area contributed by atoms with Crippen LogP contribution in [0.3, 0.4) is 0 Å². The third-order valence-electron chi connectivity index (χ3n) is 2.75. The van der Waals surface area contributed by atoms with Crippen molar-refractivity contribution < 1.29 is 9.47 Å². The molecule has 6 heteroatoms. The normalized spacial score (nSPS) is 12.2. The zero-order valence-electron chi connectivity index (χ0n) is 10.8. The van der Waals surface area contributed by atoms with Crippen molar-refractivity contribution in [2.24, 2.45) is 12.8 Å². The number of aryl methyl sites for hydroxylation is 1. The summed E-state index contributed by atoms with van der Waals surface area (Å²) in [6.45, 7) is 0.316. The standard InChI is InChI=1S/C13H16ClN3O2/c1-17-13(12(18-2)7-16-17)11(15)8-19-10-5-3-4-9(14)6-10/h3-7,11H,8,15H2,1-2H3. The van der Waals surface area contributed by atoms with Gasteiger partial charge >= 0.3 is 0 Å². The van der Waals surface area contributed by atoms with Crippen LogP contribution in [0.2, 0.25) is 5.02 Å². The molecule has 2 rings (SSSR count). The molecule has 0 aliphatic carbocycles. The number of rotatable bonds is 5. The van der Waals surface area contributed by atoms with Gasteiger partial charge in [0.15, 0.2) is 5.75 Å². The number of benzene rings is 1. The lowest BCUT2D eigenvalue weighted by Crippen LogP contribution is -2.22. The average molecular weight is 282 g/mol. The lowest BCUT2D eigenvalue weighted by molar-refractivity contribution is 0.281. The lowest BCUT2D eigenvalue weighted by atomic mass is 10.2. The Bertz CT molecular complexity index is 557. The fraction of sp³-hybridized carbons (Fsp3) is 0.308. The number of hydrogen-bond acceptors (Lipinski definition) is 4. The molecule has 1 atom stereocenters. The van der Waals surface area contributed by atoms with Gasteiger partial charge < -0.3 is 15.2 Å². The molecular weight excluding hydrogens is 266 g/mol. The number of methoxy groups -OCH3 is 1. The summed E-state index contributed by atoms with van der Waals surface area (Å²) in [6.07, 6.45) is 1.63. The summed E-state index contributed by atoms with van der Waals surface area (Å²) in [4.78, 5) is 0. The Morgan fingerprint density at radius 3 is 2.95 bits per heavy atom. The zero-order chi connectivity index (χ0) is 13.8. The first-order valence-corrected chi connectivity index (χ1v) is 6.19. The van der Waals surface area contributed by atoms with Crippen LogP contribution >= 0.6 is 11.6 Å². The number of halogens is 1. The Morgan fingerprint density at radius 2 is 2.26 bits per heavy atom. The van der Waals surface area contributed by atoms with Gasteiger partial charge in [0.2, 0.25) is 0 Å². The van der Waals surface area contributed by atoms with Crippen LogP contribution in [0, 0.1) is 0 Å². The highest BCUT2D eigenvalue weighted by Gasteiger charge is 2.17. The van der Waals surface area contributed by atoms with E-state index in [-0.39, 0.29) is 6.04 Å². The van der Waals surface area contributed by atoms with E-state index in [1.54, 1.807) is 30.1 Å². The first-order valence-electron chi connectivity index (χ1n) is 5.81. The van der Waals surface area contributed by atoms with Crippen molar-refractivity contribution in [3.63, 3.8) is 0 Å². The molecular formula is C13H16ClN3O2. The van der Waals surface area contributed by atoms with Crippen molar-refractivity contribution in [2.45, 2.75) is 6.04 Å². The van der Waals surface area contributed by atoms with Gasteiger partial charge in [-0.05, 0) is 18.2 Å². The molecule has 1 aromatic heterocycles. The van der Waals surface area contributed by atoms with Gasteiger partial charge in [0, 0.05) is 12.1 Å². The first kappa shape index (κ1) is 13.7. The molecule has 2 N–H and O–H groups in total. The number of nitrogens with two attached hydrogens (primary N) is 1. The highest BCUT2D eigenvalue weighted by Crippen LogP contribution is 2.24. The third kappa shape index (κ3) is 3.19. The van der Waals surface area contributed by atoms with Gasteiger partial charge in [0.1, 0.15) is 18.1 Å². The molecule has 5 nitrogen and oxygen atoms in total. The second-order valence-electron chi connectivity index (χ2n) is 4.10. The zero-order valence-corrected chi connectivity index (χ0v) is 11.6. The Labute approximate surface area is 116 Å². The summed E-state index contributed by atoms with van der Waals surface area (Å²) in [7, 11) is 3.40. The van der Waals surface area contributed by atoms with Crippen molar-refractivity contribution in [1.82, 2.24) is 9.78 Å². The van der Waals surface area contributed by atoms with E-state index in [0.717, 1.165) is 5.69 Å².